The van der Waals surface area contributed by atoms with Crippen LogP contribution in [0.2, 0.25) is 0 Å². The van der Waals surface area contributed by atoms with Crippen LogP contribution < -0.4 is 5.73 Å². The molecule has 0 aliphatic heterocycles. The number of hydrogen-bond acceptors (Lipinski definition) is 6. The van der Waals surface area contributed by atoms with Gasteiger partial charge >= 0.3 is 0 Å². The molecule has 3 N–H and O–H groups in total. The second-order valence-corrected chi connectivity index (χ2v) is 5.57. The number of nitrogens with two attached hydrogens (primary N) is 1. The minimum Gasteiger partial charge on any atom is -0.364 e. The number of nitrogens with one attached hydrogen (secondary N) is 1. The van der Waals surface area contributed by atoms with Crippen LogP contribution >= 0.6 is 0 Å². The summed E-state index contributed by atoms with van der Waals surface area (Å²) in [4.78, 5) is 25.0. The van der Waals surface area contributed by atoms with Gasteiger partial charge in [-0.25, -0.2) is 9.97 Å². The minimum absolute atomic E-state index is 0.106. The molecule has 0 bridgehead atoms. The summed E-state index contributed by atoms with van der Waals surface area (Å²) >= 11 is 0. The van der Waals surface area contributed by atoms with Gasteiger partial charge in [0, 0.05) is 43.0 Å². The van der Waals surface area contributed by atoms with Crippen LogP contribution in [0, 0.1) is 0 Å². The van der Waals surface area contributed by atoms with Gasteiger partial charge < -0.3 is 5.73 Å². The van der Waals surface area contributed by atoms with Gasteiger partial charge in [-0.15, -0.1) is 0 Å². The minimum atomic E-state index is -0.654. The van der Waals surface area contributed by atoms with E-state index in [1.54, 1.807) is 42.6 Å². The number of rotatable bonds is 4. The molecule has 26 heavy (non-hydrogen) atoms. The summed E-state index contributed by atoms with van der Waals surface area (Å²) in [7, 11) is 1.79. The van der Waals surface area contributed by atoms with E-state index < -0.39 is 5.91 Å². The number of carbonyl (C=O) groups excluding carboxylic acids is 1. The Morgan fingerprint density at radius 3 is 2.73 bits per heavy atom. The molecule has 9 heteroatoms. The van der Waals surface area contributed by atoms with Crippen molar-refractivity contribution in [1.29, 1.82) is 0 Å². The summed E-state index contributed by atoms with van der Waals surface area (Å²) in [5, 5.41) is 11.1. The Bertz CT molecular complexity index is 1070. The van der Waals surface area contributed by atoms with Crippen molar-refractivity contribution in [3.63, 3.8) is 0 Å². The first-order valence-electron chi connectivity index (χ1n) is 7.75. The Balaban J connectivity index is 1.90. The Kier molecular flexibility index (Phi) is 3.73. The SMILES string of the molecule is Cn1cc(-c2cnc(-c3ccn[nH]3)nc2C(N)=O)c(-c2ccccn2)n1. The number of amides is 1. The molecule has 1 amide bonds. The predicted octanol–water partition coefficient (Wildman–Crippen LogP) is 1.43. The zero-order chi connectivity index (χ0) is 18.1. The molecule has 0 aliphatic carbocycles. The molecule has 0 fully saturated rings. The van der Waals surface area contributed by atoms with Gasteiger partial charge in [0.25, 0.3) is 5.91 Å². The van der Waals surface area contributed by atoms with Crippen molar-refractivity contribution < 1.29 is 4.79 Å². The number of pyridine rings is 1. The van der Waals surface area contributed by atoms with E-state index in [4.69, 9.17) is 5.73 Å². The van der Waals surface area contributed by atoms with Gasteiger partial charge in [0.1, 0.15) is 17.1 Å². The predicted molar refractivity (Wildman–Crippen MR) is 93.6 cm³/mol. The van der Waals surface area contributed by atoms with E-state index in [9.17, 15) is 4.79 Å². The molecular formula is C17H14N8O. The van der Waals surface area contributed by atoms with Crippen LogP contribution in [0.5, 0.6) is 0 Å². The molecule has 0 spiro atoms. The topological polar surface area (TPSA) is 128 Å². The zero-order valence-corrected chi connectivity index (χ0v) is 13.8. The second-order valence-electron chi connectivity index (χ2n) is 5.57. The average Bonchev–Trinajstić information content (AvgIpc) is 3.31. The summed E-state index contributed by atoms with van der Waals surface area (Å²) in [5.41, 5.74) is 8.74. The van der Waals surface area contributed by atoms with Crippen molar-refractivity contribution in [2.45, 2.75) is 0 Å². The molecule has 4 aromatic heterocycles. The van der Waals surface area contributed by atoms with Crippen molar-refractivity contribution in [2.75, 3.05) is 0 Å². The lowest BCUT2D eigenvalue weighted by Gasteiger charge is -2.07. The molecular weight excluding hydrogens is 332 g/mol. The fourth-order valence-electron chi connectivity index (χ4n) is 2.65. The summed E-state index contributed by atoms with van der Waals surface area (Å²) in [6, 6.07) is 7.25. The van der Waals surface area contributed by atoms with Gasteiger partial charge in [0.05, 0.1) is 5.69 Å². The highest BCUT2D eigenvalue weighted by Gasteiger charge is 2.21. The van der Waals surface area contributed by atoms with Crippen LogP contribution in [-0.4, -0.2) is 40.8 Å². The first kappa shape index (κ1) is 15.6. The number of aromatic nitrogens is 7. The normalized spacial score (nSPS) is 10.8. The number of nitrogens with zero attached hydrogens (tertiary/aromatic N) is 6. The van der Waals surface area contributed by atoms with Gasteiger partial charge in [0.2, 0.25) is 0 Å². The van der Waals surface area contributed by atoms with Crippen molar-refractivity contribution >= 4 is 5.91 Å². The Morgan fingerprint density at radius 2 is 2.04 bits per heavy atom. The molecule has 4 heterocycles. The molecule has 0 saturated heterocycles. The van der Waals surface area contributed by atoms with E-state index in [0.717, 1.165) is 0 Å². The molecule has 4 rings (SSSR count). The zero-order valence-electron chi connectivity index (χ0n) is 13.8. The lowest BCUT2D eigenvalue weighted by Crippen LogP contribution is -2.16. The Hall–Kier alpha value is -3.88. The van der Waals surface area contributed by atoms with Crippen LogP contribution in [-0.2, 0) is 7.05 Å². The van der Waals surface area contributed by atoms with E-state index in [1.807, 2.05) is 18.2 Å². The number of H-pyrrole nitrogens is 1. The largest absolute Gasteiger partial charge is 0.364 e. The first-order chi connectivity index (χ1) is 12.6. The van der Waals surface area contributed by atoms with Crippen molar-refractivity contribution in [3.05, 3.63) is 54.7 Å². The molecule has 9 nitrogen and oxygen atoms in total. The van der Waals surface area contributed by atoms with Crippen LogP contribution in [0.4, 0.5) is 0 Å². The Labute approximate surface area is 147 Å². The summed E-state index contributed by atoms with van der Waals surface area (Å²) in [6.07, 6.45) is 6.61. The lowest BCUT2D eigenvalue weighted by molar-refractivity contribution is 0.0996. The third-order valence-electron chi connectivity index (χ3n) is 3.79. The van der Waals surface area contributed by atoms with E-state index in [0.29, 0.717) is 34.0 Å². The highest BCUT2D eigenvalue weighted by Crippen LogP contribution is 2.31. The van der Waals surface area contributed by atoms with Crippen LogP contribution in [0.1, 0.15) is 10.5 Å². The Morgan fingerprint density at radius 1 is 1.15 bits per heavy atom. The fraction of sp³-hybridized carbons (Fsp3) is 0.0588. The van der Waals surface area contributed by atoms with E-state index in [1.165, 1.54) is 0 Å². The van der Waals surface area contributed by atoms with Crippen molar-refractivity contribution in [2.24, 2.45) is 12.8 Å². The highest BCUT2D eigenvalue weighted by molar-refractivity contribution is 5.99. The number of primary amides is 1. The second kappa shape index (κ2) is 6.20. The molecule has 4 aromatic rings. The monoisotopic (exact) mass is 346 g/mol. The van der Waals surface area contributed by atoms with E-state index in [2.05, 4.69) is 30.2 Å². The quantitative estimate of drug-likeness (QED) is 0.575. The average molecular weight is 346 g/mol. The maximum Gasteiger partial charge on any atom is 0.268 e. The molecule has 0 atom stereocenters. The highest BCUT2D eigenvalue weighted by atomic mass is 16.1. The lowest BCUT2D eigenvalue weighted by atomic mass is 10.0. The van der Waals surface area contributed by atoms with Gasteiger partial charge in [0.15, 0.2) is 5.82 Å². The van der Waals surface area contributed by atoms with Crippen molar-refractivity contribution in [1.82, 2.24) is 34.9 Å². The van der Waals surface area contributed by atoms with Gasteiger partial charge in [-0.2, -0.15) is 10.2 Å². The molecule has 0 radical (unpaired) electrons. The van der Waals surface area contributed by atoms with E-state index in [-0.39, 0.29) is 5.69 Å². The molecule has 0 aliphatic rings. The first-order valence-corrected chi connectivity index (χ1v) is 7.75. The van der Waals surface area contributed by atoms with Gasteiger partial charge in [-0.05, 0) is 18.2 Å². The molecule has 128 valence electrons. The molecule has 0 saturated carbocycles. The van der Waals surface area contributed by atoms with Gasteiger partial charge in [-0.1, -0.05) is 6.07 Å². The summed E-state index contributed by atoms with van der Waals surface area (Å²) in [6.45, 7) is 0. The maximum absolute atomic E-state index is 12.0. The van der Waals surface area contributed by atoms with Crippen LogP contribution in [0.15, 0.2) is 49.1 Å². The van der Waals surface area contributed by atoms with Crippen molar-refractivity contribution in [3.8, 4) is 34.0 Å². The number of aryl methyl sites for hydroxylation is 1. The third-order valence-corrected chi connectivity index (χ3v) is 3.79. The standard InChI is InChI=1S/C17H14N8O/c1-25-9-11(14(24-25)12-4-2-3-6-19-12)10-8-20-17(13-5-7-21-23-13)22-15(10)16(18)26/h2-9H,1H3,(H2,18,26)(H,21,23). The molecule has 0 aromatic carbocycles. The van der Waals surface area contributed by atoms with Crippen LogP contribution in [0.3, 0.4) is 0 Å². The maximum atomic E-state index is 12.0. The smallest absolute Gasteiger partial charge is 0.268 e. The summed E-state index contributed by atoms with van der Waals surface area (Å²) in [5.74, 6) is -0.317. The number of aromatic amines is 1. The third kappa shape index (κ3) is 2.71. The van der Waals surface area contributed by atoms with Gasteiger partial charge in [-0.3, -0.25) is 19.6 Å². The number of carbonyl (C=O) groups is 1. The number of hydrogen-bond donors (Lipinski definition) is 2. The van der Waals surface area contributed by atoms with E-state index >= 15 is 0 Å². The van der Waals surface area contributed by atoms with Crippen LogP contribution in [0.25, 0.3) is 34.0 Å². The fourth-order valence-corrected chi connectivity index (χ4v) is 2.65. The summed E-state index contributed by atoms with van der Waals surface area (Å²) < 4.78 is 1.65. The molecule has 0 unspecified atom stereocenters.